The van der Waals surface area contributed by atoms with Crippen LogP contribution in [0.4, 0.5) is 5.69 Å². The number of halogens is 2. The second kappa shape index (κ2) is 11.0. The lowest BCUT2D eigenvalue weighted by atomic mass is 10.2. The third-order valence-electron chi connectivity index (χ3n) is 4.78. The van der Waals surface area contributed by atoms with E-state index in [0.29, 0.717) is 32.0 Å². The van der Waals surface area contributed by atoms with Crippen LogP contribution in [0.25, 0.3) is 10.4 Å². The Hall–Kier alpha value is -3.27. The third kappa shape index (κ3) is 5.87. The summed E-state index contributed by atoms with van der Waals surface area (Å²) in [4.78, 5) is 38.2. The van der Waals surface area contributed by atoms with Crippen molar-refractivity contribution in [3.63, 3.8) is 0 Å². The lowest BCUT2D eigenvalue weighted by molar-refractivity contribution is -0.156. The van der Waals surface area contributed by atoms with Gasteiger partial charge in [-0.25, -0.2) is 9.59 Å². The number of anilines is 1. The largest absolute Gasteiger partial charge is 0.485 e. The van der Waals surface area contributed by atoms with Crippen molar-refractivity contribution in [1.29, 1.82) is 0 Å². The molecule has 1 amide bonds. The van der Waals surface area contributed by atoms with Gasteiger partial charge in [-0.2, -0.15) is 0 Å². The number of esters is 2. The molecule has 0 fully saturated rings. The fourth-order valence-electron chi connectivity index (χ4n) is 3.21. The first kappa shape index (κ1) is 24.8. The van der Waals surface area contributed by atoms with Crippen LogP contribution in [0.15, 0.2) is 48.5 Å². The van der Waals surface area contributed by atoms with Gasteiger partial charge in [0.25, 0.3) is 5.91 Å². The molecule has 11 heteroatoms. The van der Waals surface area contributed by atoms with E-state index in [1.54, 1.807) is 55.5 Å². The zero-order valence-electron chi connectivity index (χ0n) is 18.3. The second-order valence-electron chi connectivity index (χ2n) is 7.22. The minimum atomic E-state index is -1.01. The maximum atomic E-state index is 12.5. The normalized spacial score (nSPS) is 14.2. The molecule has 1 N–H and O–H groups in total. The molecule has 0 aliphatic carbocycles. The van der Waals surface area contributed by atoms with Gasteiger partial charge < -0.3 is 24.3 Å². The number of carbonyl (C=O) groups is 3. The number of amides is 1. The van der Waals surface area contributed by atoms with E-state index in [4.69, 9.17) is 42.1 Å². The Morgan fingerprint density at radius 3 is 2.60 bits per heavy atom. The Labute approximate surface area is 214 Å². The summed E-state index contributed by atoms with van der Waals surface area (Å²) < 4.78 is 21.3. The van der Waals surface area contributed by atoms with Gasteiger partial charge in [0.2, 0.25) is 6.10 Å². The first-order chi connectivity index (χ1) is 16.9. The lowest BCUT2D eigenvalue weighted by Crippen LogP contribution is -2.39. The van der Waals surface area contributed by atoms with Crippen LogP contribution in [-0.2, 0) is 19.1 Å². The van der Waals surface area contributed by atoms with Crippen LogP contribution in [0.1, 0.15) is 16.6 Å². The van der Waals surface area contributed by atoms with Crippen LogP contribution in [-0.4, -0.2) is 43.8 Å². The number of benzene rings is 2. The van der Waals surface area contributed by atoms with Gasteiger partial charge in [0.05, 0.1) is 17.3 Å². The Morgan fingerprint density at radius 2 is 1.86 bits per heavy atom. The Kier molecular flexibility index (Phi) is 7.80. The lowest BCUT2D eigenvalue weighted by Gasteiger charge is -2.24. The molecule has 0 radical (unpaired) electrons. The summed E-state index contributed by atoms with van der Waals surface area (Å²) in [6.07, 6.45) is -1.01. The highest BCUT2D eigenvalue weighted by Gasteiger charge is 2.29. The highest BCUT2D eigenvalue weighted by Crippen LogP contribution is 2.39. The van der Waals surface area contributed by atoms with Gasteiger partial charge >= 0.3 is 11.9 Å². The third-order valence-corrected chi connectivity index (χ3v) is 6.48. The number of para-hydroxylation sites is 2. The molecule has 8 nitrogen and oxygen atoms in total. The van der Waals surface area contributed by atoms with Crippen molar-refractivity contribution in [3.05, 3.63) is 63.5 Å². The number of hydrogen-bond acceptors (Lipinski definition) is 8. The highest BCUT2D eigenvalue weighted by atomic mass is 35.5. The Morgan fingerprint density at radius 1 is 1.09 bits per heavy atom. The number of hydrogen-bond donors (Lipinski definition) is 1. The predicted molar refractivity (Wildman–Crippen MR) is 132 cm³/mol. The summed E-state index contributed by atoms with van der Waals surface area (Å²) >= 11 is 13.4. The van der Waals surface area contributed by atoms with E-state index in [1.165, 1.54) is 0 Å². The number of thiophene rings is 1. The van der Waals surface area contributed by atoms with Crippen LogP contribution >= 0.6 is 34.5 Å². The van der Waals surface area contributed by atoms with E-state index in [0.717, 1.165) is 11.3 Å². The highest BCUT2D eigenvalue weighted by molar-refractivity contribution is 7.18. The van der Waals surface area contributed by atoms with Crippen LogP contribution in [0, 0.1) is 0 Å². The number of ether oxygens (including phenoxy) is 4. The minimum absolute atomic E-state index is 0.0415. The first-order valence-electron chi connectivity index (χ1n) is 10.5. The number of carbonyl (C=O) groups excluding carboxylic acids is 3. The summed E-state index contributed by atoms with van der Waals surface area (Å²) in [5.74, 6) is -1.06. The summed E-state index contributed by atoms with van der Waals surface area (Å²) in [6, 6.07) is 13.5. The number of fused-ring (bicyclic) bond motifs is 1. The fourth-order valence-corrected chi connectivity index (χ4v) is 4.82. The maximum absolute atomic E-state index is 12.5. The van der Waals surface area contributed by atoms with E-state index in [2.05, 4.69) is 5.32 Å². The summed E-state index contributed by atoms with van der Waals surface area (Å²) in [5.41, 5.74) is 0.843. The van der Waals surface area contributed by atoms with Gasteiger partial charge in [-0.3, -0.25) is 4.79 Å². The molecule has 0 unspecified atom stereocenters. The molecule has 0 spiro atoms. The van der Waals surface area contributed by atoms with Crippen LogP contribution < -0.4 is 14.8 Å². The SMILES string of the molecule is CCOC(=O)c1sc(-c2ccc(Cl)cc2Cl)cc1NC(=O)COC(=O)[C@@H]1COc2ccccc2O1. The number of rotatable bonds is 7. The summed E-state index contributed by atoms with van der Waals surface area (Å²) in [6.45, 7) is 1.21. The molecule has 3 aromatic rings. The molecule has 1 aromatic heterocycles. The van der Waals surface area contributed by atoms with E-state index < -0.39 is 30.6 Å². The minimum Gasteiger partial charge on any atom is -0.485 e. The van der Waals surface area contributed by atoms with Gasteiger partial charge in [-0.05, 0) is 37.3 Å². The van der Waals surface area contributed by atoms with Crippen LogP contribution in [0.2, 0.25) is 10.0 Å². The van der Waals surface area contributed by atoms with E-state index in [-0.39, 0.29) is 23.8 Å². The Bertz CT molecular complexity index is 1280. The molecule has 1 atom stereocenters. The topological polar surface area (TPSA) is 100 Å². The standard InChI is InChI=1S/C24H19Cl2NO7S/c1-2-31-24(30)22-16(10-20(35-22)14-8-7-13(25)9-15(14)26)27-21(28)12-33-23(29)19-11-32-17-5-3-4-6-18(17)34-19/h3-10,19H,2,11-12H2,1H3,(H,27,28)/t19-/m0/s1. The molecular weight excluding hydrogens is 517 g/mol. The van der Waals surface area contributed by atoms with Crippen molar-refractivity contribution in [3.8, 4) is 21.9 Å². The van der Waals surface area contributed by atoms with Crippen LogP contribution in [0.5, 0.6) is 11.5 Å². The van der Waals surface area contributed by atoms with Gasteiger partial charge in [-0.1, -0.05) is 41.4 Å². The molecule has 1 aliphatic heterocycles. The predicted octanol–water partition coefficient (Wildman–Crippen LogP) is 5.22. The van der Waals surface area contributed by atoms with Gasteiger partial charge in [-0.15, -0.1) is 11.3 Å². The molecule has 2 heterocycles. The van der Waals surface area contributed by atoms with Crippen molar-refractivity contribution in [2.24, 2.45) is 0 Å². The van der Waals surface area contributed by atoms with E-state index in [9.17, 15) is 14.4 Å². The molecule has 0 saturated carbocycles. The first-order valence-corrected chi connectivity index (χ1v) is 12.0. The van der Waals surface area contributed by atoms with E-state index >= 15 is 0 Å². The van der Waals surface area contributed by atoms with E-state index in [1.807, 2.05) is 0 Å². The fraction of sp³-hybridized carbons (Fsp3) is 0.208. The zero-order chi connectivity index (χ0) is 24.9. The molecular formula is C24H19Cl2NO7S. The van der Waals surface area contributed by atoms with Crippen molar-refractivity contribution in [2.45, 2.75) is 13.0 Å². The van der Waals surface area contributed by atoms with Gasteiger partial charge in [0, 0.05) is 15.5 Å². The molecule has 4 rings (SSSR count). The average Bonchev–Trinajstić information content (AvgIpc) is 3.25. The molecule has 0 saturated heterocycles. The zero-order valence-corrected chi connectivity index (χ0v) is 20.7. The smallest absolute Gasteiger partial charge is 0.351 e. The molecule has 1 aliphatic rings. The molecule has 182 valence electrons. The quantitative estimate of drug-likeness (QED) is 0.414. The summed E-state index contributed by atoms with van der Waals surface area (Å²) in [5, 5.41) is 3.45. The second-order valence-corrected chi connectivity index (χ2v) is 9.11. The summed E-state index contributed by atoms with van der Waals surface area (Å²) in [7, 11) is 0. The van der Waals surface area contributed by atoms with Gasteiger partial charge in [0.15, 0.2) is 18.1 Å². The molecule has 0 bridgehead atoms. The van der Waals surface area contributed by atoms with Crippen molar-refractivity contribution < 1.29 is 33.3 Å². The van der Waals surface area contributed by atoms with Crippen LogP contribution in [0.3, 0.4) is 0 Å². The Balaban J connectivity index is 1.43. The average molecular weight is 536 g/mol. The molecule has 35 heavy (non-hydrogen) atoms. The van der Waals surface area contributed by atoms with Crippen molar-refractivity contribution in [1.82, 2.24) is 0 Å². The monoisotopic (exact) mass is 535 g/mol. The maximum Gasteiger partial charge on any atom is 0.351 e. The van der Waals surface area contributed by atoms with Gasteiger partial charge in [0.1, 0.15) is 11.5 Å². The van der Waals surface area contributed by atoms with Crippen molar-refractivity contribution >= 4 is 58.1 Å². The van der Waals surface area contributed by atoms with Crippen molar-refractivity contribution in [2.75, 3.05) is 25.1 Å². The molecule has 2 aromatic carbocycles. The number of nitrogens with one attached hydrogen (secondary N) is 1.